The number of piperidine rings is 1. The predicted molar refractivity (Wildman–Crippen MR) is 245 cm³/mol. The quantitative estimate of drug-likeness (QED) is 0.121. The van der Waals surface area contributed by atoms with Crippen LogP contribution in [0.4, 0.5) is 11.4 Å². The molecule has 4 atom stereocenters. The van der Waals surface area contributed by atoms with Gasteiger partial charge >= 0.3 is 0 Å². The van der Waals surface area contributed by atoms with Gasteiger partial charge in [0.1, 0.15) is 0 Å². The number of hydrogen-bond acceptors (Lipinski definition) is 1. The van der Waals surface area contributed by atoms with Crippen LogP contribution in [-0.4, -0.2) is 23.8 Å². The Bertz CT molecular complexity index is 1790. The van der Waals surface area contributed by atoms with Crippen molar-refractivity contribution in [2.75, 3.05) is 0 Å². The van der Waals surface area contributed by atoms with Gasteiger partial charge in [0.05, 0.1) is 5.69 Å². The van der Waals surface area contributed by atoms with Gasteiger partial charge in [-0.25, -0.2) is 0 Å². The summed E-state index contributed by atoms with van der Waals surface area (Å²) in [5.41, 5.74) is 11.6. The van der Waals surface area contributed by atoms with Crippen LogP contribution in [0.25, 0.3) is 10.6 Å². The van der Waals surface area contributed by atoms with E-state index in [1.54, 1.807) is 0 Å². The van der Waals surface area contributed by atoms with Crippen molar-refractivity contribution in [1.29, 1.82) is 0 Å². The third-order valence-corrected chi connectivity index (χ3v) is 10.7. The molecular weight excluding hydrogens is 793 g/mol. The molecule has 302 valence electrons. The number of halogens is 1. The molecule has 0 bridgehead atoms. The number of fused-ring (bicyclic) bond motifs is 1. The average molecular weight is 857 g/mol. The van der Waals surface area contributed by atoms with Crippen LogP contribution in [0.15, 0.2) is 126 Å². The topological polar surface area (TPSA) is 40.6 Å². The molecule has 2 fully saturated rings. The van der Waals surface area contributed by atoms with Crippen molar-refractivity contribution >= 4 is 28.7 Å². The van der Waals surface area contributed by atoms with Crippen LogP contribution in [-0.2, 0) is 26.2 Å². The molecule has 5 heteroatoms. The van der Waals surface area contributed by atoms with E-state index in [9.17, 15) is 0 Å². The Kier molecular flexibility index (Phi) is 20.3. The second-order valence-electron chi connectivity index (χ2n) is 15.8. The summed E-state index contributed by atoms with van der Waals surface area (Å²) in [5.74, 6) is 1.53. The minimum Gasteiger partial charge on any atom is -0.682 e. The van der Waals surface area contributed by atoms with Gasteiger partial charge in [-0.05, 0) is 61.6 Å². The van der Waals surface area contributed by atoms with E-state index in [1.807, 2.05) is 103 Å². The van der Waals surface area contributed by atoms with Crippen molar-refractivity contribution in [3.05, 3.63) is 197 Å². The summed E-state index contributed by atoms with van der Waals surface area (Å²) in [6.07, 6.45) is 5.95. The fraction of sp³-hybridized carbons (Fsp3) is 0.346. The van der Waals surface area contributed by atoms with Gasteiger partial charge in [0.15, 0.2) is 0 Å². The molecule has 3 nitrogen and oxygen atoms in total. The first-order valence-electron chi connectivity index (χ1n) is 20.3. The van der Waals surface area contributed by atoms with Crippen LogP contribution in [0.3, 0.4) is 0 Å². The van der Waals surface area contributed by atoms with Crippen LogP contribution in [0.2, 0.25) is 5.02 Å². The summed E-state index contributed by atoms with van der Waals surface area (Å²) in [7, 11) is 0. The number of benzene rings is 5. The fourth-order valence-electron chi connectivity index (χ4n) is 7.49. The molecule has 0 N–H and O–H groups in total. The van der Waals surface area contributed by atoms with Gasteiger partial charge in [-0.3, -0.25) is 4.99 Å². The van der Waals surface area contributed by atoms with Crippen LogP contribution in [0.5, 0.6) is 0 Å². The maximum absolute atomic E-state index is 6.28. The predicted octanol–water partition coefficient (Wildman–Crippen LogP) is 15.7. The Morgan fingerprint density at radius 2 is 1.12 bits per heavy atom. The van der Waals surface area contributed by atoms with E-state index in [1.165, 1.54) is 36.1 Å². The van der Waals surface area contributed by atoms with E-state index >= 15 is 0 Å². The summed E-state index contributed by atoms with van der Waals surface area (Å²) in [5, 5.41) is 11.5. The molecule has 57 heavy (non-hydrogen) atoms. The summed E-state index contributed by atoms with van der Waals surface area (Å²) in [6.45, 7) is 26.6. The zero-order valence-corrected chi connectivity index (χ0v) is 38.6. The fourth-order valence-corrected chi connectivity index (χ4v) is 7.82. The van der Waals surface area contributed by atoms with Gasteiger partial charge in [0.25, 0.3) is 0 Å². The summed E-state index contributed by atoms with van der Waals surface area (Å²) in [6, 6.07) is 41.1. The molecular formula is C52H63ClN3Zr-5. The van der Waals surface area contributed by atoms with Gasteiger partial charge < -0.3 is 10.6 Å². The van der Waals surface area contributed by atoms with Gasteiger partial charge in [-0.2, -0.15) is 73.9 Å². The van der Waals surface area contributed by atoms with Gasteiger partial charge in [-0.15, -0.1) is 54.2 Å². The molecule has 1 heterocycles. The van der Waals surface area contributed by atoms with Crippen molar-refractivity contribution in [3.8, 4) is 0 Å². The summed E-state index contributed by atoms with van der Waals surface area (Å²) < 4.78 is 0. The minimum atomic E-state index is 0. The van der Waals surface area contributed by atoms with Crippen molar-refractivity contribution < 1.29 is 26.2 Å². The molecule has 5 aromatic rings. The summed E-state index contributed by atoms with van der Waals surface area (Å²) in [4.78, 5) is 5.29. The second kappa shape index (κ2) is 24.3. The van der Waals surface area contributed by atoms with Crippen molar-refractivity contribution in [3.63, 3.8) is 0 Å². The molecule has 4 unspecified atom stereocenters. The Hall–Kier alpha value is -3.69. The normalized spacial score (nSPS) is 18.6. The monoisotopic (exact) mass is 854 g/mol. The molecule has 0 aromatic heterocycles. The van der Waals surface area contributed by atoms with E-state index in [4.69, 9.17) is 27.2 Å². The zero-order valence-electron chi connectivity index (χ0n) is 35.4. The van der Waals surface area contributed by atoms with E-state index in [0.717, 1.165) is 57.1 Å². The van der Waals surface area contributed by atoms with E-state index in [-0.39, 0.29) is 44.3 Å². The second-order valence-corrected chi connectivity index (χ2v) is 16.2. The number of aliphatic imine (C=N–C) groups is 1. The van der Waals surface area contributed by atoms with Crippen LogP contribution in [0, 0.1) is 40.5 Å². The van der Waals surface area contributed by atoms with Gasteiger partial charge in [0.2, 0.25) is 0 Å². The van der Waals surface area contributed by atoms with Crippen LogP contribution in [0.1, 0.15) is 118 Å². The molecule has 0 amide bonds. The number of aryl methyl sites for hydroxylation is 2. The Morgan fingerprint density at radius 3 is 1.53 bits per heavy atom. The first-order valence-corrected chi connectivity index (χ1v) is 20.7. The smallest absolute Gasteiger partial charge is 0.0697 e. The minimum absolute atomic E-state index is 0. The number of rotatable bonds is 6. The standard InChI is InChI=1S/C31H42ClN3.3C7H7.Zr/c1-18(2)25-11-9-12-26(19(3)4)31(25)33-22(7)27-15-14-23-10-8-13-28(30(23)34-27)35-29-20(5)16-24(32)17-21(29)6;3*1-7-5-3-2-4-6-7;/h9,11-12,16-19,23,27-28,30H,8,10,13-15H2,1-7H3;3*2-6H,1H2;/q-2;3*-1;. The van der Waals surface area contributed by atoms with Crippen molar-refractivity contribution in [1.82, 2.24) is 0 Å². The molecule has 7 rings (SSSR count). The molecule has 1 aliphatic heterocycles. The maximum Gasteiger partial charge on any atom is 0.0697 e. The van der Waals surface area contributed by atoms with Crippen molar-refractivity contribution in [2.24, 2.45) is 10.9 Å². The largest absolute Gasteiger partial charge is 0.682 e. The number of para-hydroxylation sites is 1. The number of hydrogen-bond donors (Lipinski definition) is 0. The third-order valence-electron chi connectivity index (χ3n) is 10.5. The SMILES string of the molecule is CC(=Nc1c(C(C)C)cccc1C(C)C)C1CCC2CCCC([N-]c3c(C)cc(Cl)cc3C)C2[N-]1.[CH2-]c1ccccc1.[CH2-]c1ccccc1.[CH2-]c1ccccc1.[Zr]. The van der Waals surface area contributed by atoms with E-state index < -0.39 is 0 Å². The molecule has 0 spiro atoms. The zero-order chi connectivity index (χ0) is 40.6. The maximum atomic E-state index is 6.28. The van der Waals surface area contributed by atoms with Gasteiger partial charge in [0, 0.05) is 31.2 Å². The number of nitrogens with zero attached hydrogens (tertiary/aromatic N) is 3. The first kappa shape index (κ1) is 47.7. The Morgan fingerprint density at radius 1 is 0.667 bits per heavy atom. The molecule has 0 radical (unpaired) electrons. The third kappa shape index (κ3) is 15.2. The molecule has 5 aromatic carbocycles. The van der Waals surface area contributed by atoms with Crippen molar-refractivity contribution in [2.45, 2.75) is 111 Å². The van der Waals surface area contributed by atoms with Crippen LogP contribution >= 0.6 is 11.6 Å². The summed E-state index contributed by atoms with van der Waals surface area (Å²) >= 11 is 6.28. The Balaban J connectivity index is 0.000000317. The molecule has 2 aliphatic rings. The van der Waals surface area contributed by atoms with Crippen LogP contribution < -0.4 is 0 Å². The molecule has 1 saturated heterocycles. The first-order chi connectivity index (χ1) is 26.8. The van der Waals surface area contributed by atoms with Gasteiger partial charge in [-0.1, -0.05) is 131 Å². The molecule has 1 saturated carbocycles. The molecule has 1 aliphatic carbocycles. The Labute approximate surface area is 370 Å². The average Bonchev–Trinajstić information content (AvgIpc) is 3.17. The van der Waals surface area contributed by atoms with E-state index in [2.05, 4.69) is 87.4 Å². The van der Waals surface area contributed by atoms with E-state index in [0.29, 0.717) is 17.8 Å².